The highest BCUT2D eigenvalue weighted by Gasteiger charge is 2.38. The molecule has 5 nitrogen and oxygen atoms in total. The number of fused-ring (bicyclic) bond motifs is 1. The molecule has 2 aromatic rings. The monoisotopic (exact) mass is 396 g/mol. The van der Waals surface area contributed by atoms with Crippen molar-refractivity contribution in [1.29, 1.82) is 0 Å². The number of rotatable bonds is 8. The predicted molar refractivity (Wildman–Crippen MR) is 116 cm³/mol. The van der Waals surface area contributed by atoms with Crippen LogP contribution in [0.1, 0.15) is 45.1 Å². The van der Waals surface area contributed by atoms with Gasteiger partial charge in [-0.05, 0) is 42.2 Å². The summed E-state index contributed by atoms with van der Waals surface area (Å²) in [6.07, 6.45) is 3.08. The molecule has 1 aliphatic rings. The molecule has 0 spiro atoms. The summed E-state index contributed by atoms with van der Waals surface area (Å²) >= 11 is 0. The number of carbonyl (C=O) groups is 2. The zero-order valence-electron chi connectivity index (χ0n) is 18.0. The third-order valence-electron chi connectivity index (χ3n) is 5.84. The number of nitrogens with one attached hydrogen (secondary N) is 1. The molecule has 0 aromatic heterocycles. The first kappa shape index (κ1) is 21.2. The molecule has 0 saturated carbocycles. The summed E-state index contributed by atoms with van der Waals surface area (Å²) in [5.74, 6) is 1.50. The third kappa shape index (κ3) is 4.89. The average molecular weight is 397 g/mol. The van der Waals surface area contributed by atoms with E-state index in [-0.39, 0.29) is 17.4 Å². The minimum Gasteiger partial charge on any atom is -0.496 e. The molecule has 0 bridgehead atoms. The van der Waals surface area contributed by atoms with E-state index in [0.29, 0.717) is 31.6 Å². The first-order valence-electron chi connectivity index (χ1n) is 10.4. The number of benzene rings is 2. The fourth-order valence-corrected chi connectivity index (χ4v) is 4.40. The van der Waals surface area contributed by atoms with E-state index in [0.717, 1.165) is 29.5 Å². The second kappa shape index (κ2) is 8.85. The molecule has 2 aromatic carbocycles. The highest BCUT2D eigenvalue weighted by molar-refractivity contribution is 5.91. The Morgan fingerprint density at radius 2 is 1.93 bits per heavy atom. The first-order chi connectivity index (χ1) is 13.8. The lowest BCUT2D eigenvalue weighted by Gasteiger charge is -2.31. The van der Waals surface area contributed by atoms with Crippen molar-refractivity contribution >= 4 is 22.6 Å². The van der Waals surface area contributed by atoms with Gasteiger partial charge in [0.1, 0.15) is 5.75 Å². The van der Waals surface area contributed by atoms with E-state index in [2.05, 4.69) is 37.4 Å². The van der Waals surface area contributed by atoms with Crippen LogP contribution in [-0.4, -0.2) is 43.0 Å². The Morgan fingerprint density at radius 3 is 2.55 bits per heavy atom. The summed E-state index contributed by atoms with van der Waals surface area (Å²) in [6, 6.07) is 12.3. The second-order valence-electron chi connectivity index (χ2n) is 8.65. The quantitative estimate of drug-likeness (QED) is 0.735. The van der Waals surface area contributed by atoms with Gasteiger partial charge in [-0.25, -0.2) is 0 Å². The van der Waals surface area contributed by atoms with Crippen LogP contribution in [-0.2, 0) is 16.0 Å². The zero-order chi connectivity index (χ0) is 21.0. The predicted octanol–water partition coefficient (Wildman–Crippen LogP) is 3.93. The highest BCUT2D eigenvalue weighted by Crippen LogP contribution is 2.35. The largest absolute Gasteiger partial charge is 0.496 e. The van der Waals surface area contributed by atoms with Gasteiger partial charge in [0.25, 0.3) is 0 Å². The van der Waals surface area contributed by atoms with Gasteiger partial charge in [0.05, 0.1) is 7.11 Å². The first-order valence-corrected chi connectivity index (χ1v) is 10.4. The molecule has 3 rings (SSSR count). The smallest absolute Gasteiger partial charge is 0.222 e. The molecule has 0 radical (unpaired) electrons. The van der Waals surface area contributed by atoms with Gasteiger partial charge >= 0.3 is 0 Å². The van der Waals surface area contributed by atoms with Gasteiger partial charge in [-0.2, -0.15) is 0 Å². The Hall–Kier alpha value is -2.56. The lowest BCUT2D eigenvalue weighted by atomic mass is 9.83. The Morgan fingerprint density at radius 1 is 1.21 bits per heavy atom. The van der Waals surface area contributed by atoms with Gasteiger partial charge in [0.2, 0.25) is 11.8 Å². The fraction of sp³-hybridized carbons (Fsp3) is 0.500. The molecule has 1 saturated heterocycles. The Balaban J connectivity index is 1.82. The minimum atomic E-state index is -0.372. The van der Waals surface area contributed by atoms with E-state index in [1.54, 1.807) is 12.0 Å². The lowest BCUT2D eigenvalue weighted by molar-refractivity contribution is -0.131. The van der Waals surface area contributed by atoms with Crippen LogP contribution in [0.25, 0.3) is 10.8 Å². The van der Waals surface area contributed by atoms with E-state index >= 15 is 0 Å². The molecular formula is C24H32N2O3. The number of hydrogen-bond donors (Lipinski definition) is 1. The van der Waals surface area contributed by atoms with Crippen LogP contribution in [0.2, 0.25) is 0 Å². The number of nitrogens with zero attached hydrogens (tertiary/aromatic N) is 1. The third-order valence-corrected chi connectivity index (χ3v) is 5.84. The maximum absolute atomic E-state index is 12.6. The number of hydrogen-bond acceptors (Lipinski definition) is 3. The lowest BCUT2D eigenvalue weighted by Crippen LogP contribution is -2.45. The van der Waals surface area contributed by atoms with Crippen LogP contribution >= 0.6 is 0 Å². The van der Waals surface area contributed by atoms with Crippen LogP contribution in [0.4, 0.5) is 0 Å². The van der Waals surface area contributed by atoms with Crippen molar-refractivity contribution in [2.75, 3.05) is 20.7 Å². The van der Waals surface area contributed by atoms with Crippen molar-refractivity contribution in [2.24, 2.45) is 5.92 Å². The molecule has 156 valence electrons. The number of ether oxygens (including phenoxy) is 1. The molecule has 5 heteroatoms. The molecular weight excluding hydrogens is 364 g/mol. The number of methoxy groups -OCH3 is 1. The van der Waals surface area contributed by atoms with Crippen LogP contribution in [0, 0.1) is 5.92 Å². The SMILES string of the molecule is COc1ccc(C[C@]2(CCC(=O)N(C)CC(C)C)CCC(=O)N2)c2ccccc12. The Kier molecular flexibility index (Phi) is 6.46. The normalized spacial score (nSPS) is 18.9. The van der Waals surface area contributed by atoms with E-state index in [1.165, 1.54) is 5.56 Å². The van der Waals surface area contributed by atoms with Crippen molar-refractivity contribution in [3.63, 3.8) is 0 Å². The van der Waals surface area contributed by atoms with Gasteiger partial charge in [-0.3, -0.25) is 9.59 Å². The molecule has 1 atom stereocenters. The van der Waals surface area contributed by atoms with Crippen molar-refractivity contribution in [1.82, 2.24) is 10.2 Å². The summed E-state index contributed by atoms with van der Waals surface area (Å²) in [7, 11) is 3.54. The number of amides is 2. The molecule has 29 heavy (non-hydrogen) atoms. The van der Waals surface area contributed by atoms with Crippen LogP contribution in [0.15, 0.2) is 36.4 Å². The summed E-state index contributed by atoms with van der Waals surface area (Å²) < 4.78 is 5.51. The summed E-state index contributed by atoms with van der Waals surface area (Å²) in [6.45, 7) is 4.97. The maximum atomic E-state index is 12.6. The van der Waals surface area contributed by atoms with E-state index in [9.17, 15) is 9.59 Å². The molecule has 1 fully saturated rings. The molecule has 1 N–H and O–H groups in total. The summed E-state index contributed by atoms with van der Waals surface area (Å²) in [4.78, 5) is 26.5. The second-order valence-corrected chi connectivity index (χ2v) is 8.65. The molecule has 0 aliphatic carbocycles. The molecule has 2 amide bonds. The average Bonchev–Trinajstić information content (AvgIpc) is 3.06. The van der Waals surface area contributed by atoms with E-state index < -0.39 is 0 Å². The summed E-state index contributed by atoms with van der Waals surface area (Å²) in [5, 5.41) is 5.41. The molecule has 0 unspecified atom stereocenters. The van der Waals surface area contributed by atoms with Crippen LogP contribution in [0.3, 0.4) is 0 Å². The van der Waals surface area contributed by atoms with Crippen molar-refractivity contribution in [2.45, 2.75) is 51.5 Å². The maximum Gasteiger partial charge on any atom is 0.222 e. The van der Waals surface area contributed by atoms with Crippen LogP contribution in [0.5, 0.6) is 5.75 Å². The minimum absolute atomic E-state index is 0.0748. The van der Waals surface area contributed by atoms with Crippen LogP contribution < -0.4 is 10.1 Å². The molecule has 1 heterocycles. The van der Waals surface area contributed by atoms with E-state index in [4.69, 9.17) is 4.74 Å². The van der Waals surface area contributed by atoms with Crippen molar-refractivity contribution in [3.8, 4) is 5.75 Å². The Bertz CT molecular complexity index is 893. The topological polar surface area (TPSA) is 58.6 Å². The number of carbonyl (C=O) groups excluding carboxylic acids is 2. The van der Waals surface area contributed by atoms with Gasteiger partial charge in [-0.1, -0.05) is 44.2 Å². The van der Waals surface area contributed by atoms with Gasteiger partial charge in [0, 0.05) is 37.4 Å². The fourth-order valence-electron chi connectivity index (χ4n) is 4.40. The van der Waals surface area contributed by atoms with Gasteiger partial charge in [-0.15, -0.1) is 0 Å². The summed E-state index contributed by atoms with van der Waals surface area (Å²) in [5.41, 5.74) is 0.801. The standard InChI is InChI=1S/C24H32N2O3/c1-17(2)16-26(3)23(28)12-14-24(13-11-22(27)25-24)15-18-9-10-21(29-4)20-8-6-5-7-19(18)20/h5-10,17H,11-16H2,1-4H3,(H,25,27)/t24-/m1/s1. The van der Waals surface area contributed by atoms with Crippen molar-refractivity contribution in [3.05, 3.63) is 42.0 Å². The Labute approximate surface area is 173 Å². The van der Waals surface area contributed by atoms with Gasteiger partial charge < -0.3 is 15.0 Å². The molecule has 1 aliphatic heterocycles. The highest BCUT2D eigenvalue weighted by atomic mass is 16.5. The zero-order valence-corrected chi connectivity index (χ0v) is 18.0. The van der Waals surface area contributed by atoms with E-state index in [1.807, 2.05) is 25.2 Å². The van der Waals surface area contributed by atoms with Gasteiger partial charge in [0.15, 0.2) is 0 Å². The van der Waals surface area contributed by atoms with Crippen molar-refractivity contribution < 1.29 is 14.3 Å².